The monoisotopic (exact) mass is 526 g/mol. The molecule has 172 valence electrons. The Labute approximate surface area is 214 Å². The van der Waals surface area contributed by atoms with E-state index in [0.29, 0.717) is 23.0 Å². The molecule has 3 aromatic rings. The first-order valence-corrected chi connectivity index (χ1v) is 13.4. The molecule has 2 aliphatic rings. The fourth-order valence-electron chi connectivity index (χ4n) is 3.79. The molecule has 0 saturated carbocycles. The number of imide groups is 1. The average molecular weight is 527 g/mol. The predicted molar refractivity (Wildman–Crippen MR) is 138 cm³/mol. The van der Waals surface area contributed by atoms with Crippen molar-refractivity contribution in [3.05, 3.63) is 86.6 Å². The summed E-state index contributed by atoms with van der Waals surface area (Å²) in [5.41, 5.74) is 2.35. The van der Waals surface area contributed by atoms with Gasteiger partial charge in [-0.05, 0) is 71.8 Å². The van der Waals surface area contributed by atoms with Crippen molar-refractivity contribution in [2.45, 2.75) is 22.1 Å². The summed E-state index contributed by atoms with van der Waals surface area (Å²) >= 11 is 9.97. The normalized spacial score (nSPS) is 16.9. The van der Waals surface area contributed by atoms with Crippen molar-refractivity contribution in [2.24, 2.45) is 0 Å². The van der Waals surface area contributed by atoms with Gasteiger partial charge in [0.25, 0.3) is 11.1 Å². The van der Waals surface area contributed by atoms with Crippen molar-refractivity contribution in [1.29, 1.82) is 0 Å². The Bertz CT molecular complexity index is 1300. The number of benzene rings is 2. The standard InChI is InChI=1S/C25H19ClN2O3S3/c26-18-5-7-19(8-6-18)32-23-10-9-20(33-23)13-21-24(30)28(25(31)34-21)15-22(29)27-12-11-16-3-1-2-4-17(16)14-27/h1-10,13H,11-12,14-15H2/b21-13-. The molecule has 34 heavy (non-hydrogen) atoms. The Kier molecular flexibility index (Phi) is 6.83. The van der Waals surface area contributed by atoms with Gasteiger partial charge in [-0.3, -0.25) is 19.3 Å². The molecule has 0 N–H and O–H groups in total. The van der Waals surface area contributed by atoms with Crippen LogP contribution in [-0.2, 0) is 22.6 Å². The Balaban J connectivity index is 1.23. The lowest BCUT2D eigenvalue weighted by Crippen LogP contribution is -2.44. The summed E-state index contributed by atoms with van der Waals surface area (Å²) in [5.74, 6) is -0.628. The summed E-state index contributed by atoms with van der Waals surface area (Å²) < 4.78 is 1.06. The molecule has 2 aliphatic heterocycles. The quantitative estimate of drug-likeness (QED) is 0.372. The van der Waals surface area contributed by atoms with Crippen molar-refractivity contribution < 1.29 is 14.4 Å². The molecular weight excluding hydrogens is 508 g/mol. The van der Waals surface area contributed by atoms with Crippen LogP contribution < -0.4 is 0 Å². The fourth-order valence-corrected chi connectivity index (χ4v) is 6.89. The van der Waals surface area contributed by atoms with Crippen molar-refractivity contribution in [3.8, 4) is 0 Å². The number of fused-ring (bicyclic) bond motifs is 1. The second-order valence-electron chi connectivity index (χ2n) is 7.81. The van der Waals surface area contributed by atoms with Crippen LogP contribution in [0.4, 0.5) is 4.79 Å². The topological polar surface area (TPSA) is 57.7 Å². The molecular formula is C25H19ClN2O3S3. The molecule has 3 heterocycles. The third-order valence-corrected chi connectivity index (χ3v) is 8.89. The highest BCUT2D eigenvalue weighted by Gasteiger charge is 2.37. The van der Waals surface area contributed by atoms with Crippen LogP contribution in [0.2, 0.25) is 5.02 Å². The van der Waals surface area contributed by atoms with Crippen molar-refractivity contribution in [2.75, 3.05) is 13.1 Å². The molecule has 3 amide bonds. The van der Waals surface area contributed by atoms with Crippen LogP contribution in [0.25, 0.3) is 6.08 Å². The summed E-state index contributed by atoms with van der Waals surface area (Å²) in [6, 6.07) is 19.5. The zero-order chi connectivity index (χ0) is 23.7. The van der Waals surface area contributed by atoms with E-state index >= 15 is 0 Å². The van der Waals surface area contributed by atoms with Crippen LogP contribution in [0.3, 0.4) is 0 Å². The number of thiophene rings is 1. The SMILES string of the molecule is O=C(CN1C(=O)S/C(=C\c2ccc(Sc3ccc(Cl)cc3)s2)C1=O)N1CCc2ccccc2C1. The van der Waals surface area contributed by atoms with Crippen molar-refractivity contribution in [1.82, 2.24) is 9.80 Å². The van der Waals surface area contributed by atoms with Gasteiger partial charge >= 0.3 is 0 Å². The highest BCUT2D eigenvalue weighted by atomic mass is 35.5. The molecule has 2 aromatic carbocycles. The zero-order valence-corrected chi connectivity index (χ0v) is 21.1. The van der Waals surface area contributed by atoms with Crippen LogP contribution in [0.1, 0.15) is 16.0 Å². The average Bonchev–Trinajstić information content (AvgIpc) is 3.39. The molecule has 0 aliphatic carbocycles. The van der Waals surface area contributed by atoms with Gasteiger partial charge in [-0.2, -0.15) is 0 Å². The molecule has 1 aromatic heterocycles. The smallest absolute Gasteiger partial charge is 0.294 e. The lowest BCUT2D eigenvalue weighted by atomic mass is 10.00. The number of carbonyl (C=O) groups is 3. The first-order chi connectivity index (χ1) is 16.5. The van der Waals surface area contributed by atoms with Crippen LogP contribution >= 0.6 is 46.5 Å². The van der Waals surface area contributed by atoms with Gasteiger partial charge < -0.3 is 4.90 Å². The Morgan fingerprint density at radius 3 is 2.59 bits per heavy atom. The largest absolute Gasteiger partial charge is 0.336 e. The van der Waals surface area contributed by atoms with Gasteiger partial charge in [-0.1, -0.05) is 47.6 Å². The van der Waals surface area contributed by atoms with Crippen LogP contribution in [-0.4, -0.2) is 39.9 Å². The Hall–Kier alpha value is -2.52. The maximum absolute atomic E-state index is 12.9. The second kappa shape index (κ2) is 10.00. The molecule has 1 fully saturated rings. The second-order valence-corrected chi connectivity index (χ2v) is 11.7. The Morgan fingerprint density at radius 2 is 1.79 bits per heavy atom. The molecule has 0 unspecified atom stereocenters. The van der Waals surface area contributed by atoms with Crippen molar-refractivity contribution >= 4 is 69.6 Å². The van der Waals surface area contributed by atoms with Gasteiger partial charge in [0.1, 0.15) is 6.54 Å². The third kappa shape index (κ3) is 5.10. The molecule has 0 spiro atoms. The highest BCUT2D eigenvalue weighted by Crippen LogP contribution is 2.37. The number of hydrogen-bond donors (Lipinski definition) is 0. The van der Waals surface area contributed by atoms with E-state index in [4.69, 9.17) is 11.6 Å². The lowest BCUT2D eigenvalue weighted by Gasteiger charge is -2.29. The van der Waals surface area contributed by atoms with Gasteiger partial charge in [0.2, 0.25) is 5.91 Å². The molecule has 9 heteroatoms. The predicted octanol–water partition coefficient (Wildman–Crippen LogP) is 6.17. The first kappa shape index (κ1) is 23.2. The molecule has 5 nitrogen and oxygen atoms in total. The molecule has 0 bridgehead atoms. The number of rotatable bonds is 5. The highest BCUT2D eigenvalue weighted by molar-refractivity contribution is 8.18. The van der Waals surface area contributed by atoms with E-state index in [2.05, 4.69) is 6.07 Å². The molecule has 1 saturated heterocycles. The van der Waals surface area contributed by atoms with E-state index < -0.39 is 11.1 Å². The number of amides is 3. The molecule has 0 atom stereocenters. The van der Waals surface area contributed by atoms with E-state index in [9.17, 15) is 14.4 Å². The van der Waals surface area contributed by atoms with Gasteiger partial charge in [0.15, 0.2) is 0 Å². The lowest BCUT2D eigenvalue weighted by molar-refractivity contribution is -0.136. The number of thioether (sulfide) groups is 1. The number of nitrogens with zero attached hydrogens (tertiary/aromatic N) is 2. The minimum Gasteiger partial charge on any atom is -0.336 e. The van der Waals surface area contributed by atoms with Crippen LogP contribution in [0.15, 0.2) is 74.7 Å². The molecule has 0 radical (unpaired) electrons. The van der Waals surface area contributed by atoms with Gasteiger partial charge in [-0.25, -0.2) is 0 Å². The minimum atomic E-state index is -0.416. The first-order valence-electron chi connectivity index (χ1n) is 10.6. The number of carbonyl (C=O) groups excluding carboxylic acids is 3. The van der Waals surface area contributed by atoms with E-state index in [0.717, 1.165) is 42.6 Å². The summed E-state index contributed by atoms with van der Waals surface area (Å²) in [6.07, 6.45) is 2.50. The third-order valence-electron chi connectivity index (χ3n) is 5.56. The van der Waals surface area contributed by atoms with Gasteiger partial charge in [-0.15, -0.1) is 11.3 Å². The zero-order valence-electron chi connectivity index (χ0n) is 17.9. The maximum atomic E-state index is 12.9. The summed E-state index contributed by atoms with van der Waals surface area (Å²) in [6.45, 7) is 0.863. The number of halogens is 1. The van der Waals surface area contributed by atoms with Crippen LogP contribution in [0, 0.1) is 0 Å². The van der Waals surface area contributed by atoms with Gasteiger partial charge in [0.05, 0.1) is 9.11 Å². The van der Waals surface area contributed by atoms with E-state index in [1.54, 1.807) is 22.7 Å². The summed E-state index contributed by atoms with van der Waals surface area (Å²) in [7, 11) is 0. The van der Waals surface area contributed by atoms with E-state index in [-0.39, 0.29) is 12.5 Å². The van der Waals surface area contributed by atoms with Crippen LogP contribution in [0.5, 0.6) is 0 Å². The van der Waals surface area contributed by atoms with Crippen molar-refractivity contribution in [3.63, 3.8) is 0 Å². The summed E-state index contributed by atoms with van der Waals surface area (Å²) in [5, 5.41) is 0.282. The Morgan fingerprint density at radius 1 is 1.03 bits per heavy atom. The van der Waals surface area contributed by atoms with E-state index in [1.165, 1.54) is 16.9 Å². The number of hydrogen-bond acceptors (Lipinski definition) is 6. The molecule has 5 rings (SSSR count). The summed E-state index contributed by atoms with van der Waals surface area (Å²) in [4.78, 5) is 43.3. The van der Waals surface area contributed by atoms with E-state index in [1.807, 2.05) is 54.6 Å². The minimum absolute atomic E-state index is 0.212. The fraction of sp³-hybridized carbons (Fsp3) is 0.160. The maximum Gasteiger partial charge on any atom is 0.294 e. The van der Waals surface area contributed by atoms with Gasteiger partial charge in [0, 0.05) is 27.9 Å².